The van der Waals surface area contributed by atoms with Crippen LogP contribution in [0.4, 0.5) is 5.69 Å². The second-order valence-electron chi connectivity index (χ2n) is 7.53. The number of benzene rings is 3. The van der Waals surface area contributed by atoms with E-state index in [2.05, 4.69) is 31.4 Å². The van der Waals surface area contributed by atoms with Crippen LogP contribution in [-0.4, -0.2) is 25.2 Å². The highest BCUT2D eigenvalue weighted by atomic mass is 79.9. The monoisotopic (exact) mass is 511 g/mol. The fraction of sp³-hybridized carbons (Fsp3) is 0.200. The Bertz CT molecular complexity index is 1070. The van der Waals surface area contributed by atoms with E-state index in [4.69, 9.17) is 16.3 Å². The van der Waals surface area contributed by atoms with Crippen molar-refractivity contribution in [1.29, 1.82) is 0 Å². The molecule has 7 heteroatoms. The molecule has 1 amide bonds. The van der Waals surface area contributed by atoms with E-state index in [1.54, 1.807) is 12.3 Å². The minimum absolute atomic E-state index is 0.262. The van der Waals surface area contributed by atoms with Crippen LogP contribution < -0.4 is 15.1 Å². The number of hydrogen-bond acceptors (Lipinski definition) is 4. The first-order valence-corrected chi connectivity index (χ1v) is 11.6. The van der Waals surface area contributed by atoms with E-state index in [1.807, 2.05) is 60.7 Å². The third kappa shape index (κ3) is 5.69. The van der Waals surface area contributed by atoms with E-state index in [9.17, 15) is 4.79 Å². The minimum Gasteiger partial charge on any atom is -0.486 e. The molecule has 1 fully saturated rings. The highest BCUT2D eigenvalue weighted by Gasteiger charge is 2.13. The van der Waals surface area contributed by atoms with Gasteiger partial charge in [0.15, 0.2) is 5.75 Å². The molecule has 0 aliphatic carbocycles. The van der Waals surface area contributed by atoms with Crippen LogP contribution in [0.2, 0.25) is 5.02 Å². The molecule has 164 valence electrons. The molecule has 0 radical (unpaired) electrons. The smallest absolute Gasteiger partial charge is 0.271 e. The zero-order chi connectivity index (χ0) is 22.3. The Morgan fingerprint density at radius 2 is 1.81 bits per heavy atom. The average molecular weight is 513 g/mol. The third-order valence-corrected chi connectivity index (χ3v) is 6.10. The topological polar surface area (TPSA) is 53.9 Å². The molecule has 32 heavy (non-hydrogen) atoms. The first kappa shape index (κ1) is 22.4. The molecule has 0 aromatic heterocycles. The van der Waals surface area contributed by atoms with Crippen molar-refractivity contribution in [3.63, 3.8) is 0 Å². The van der Waals surface area contributed by atoms with Crippen molar-refractivity contribution in [2.75, 3.05) is 18.0 Å². The summed E-state index contributed by atoms with van der Waals surface area (Å²) in [6.45, 7) is 2.56. The van der Waals surface area contributed by atoms with Gasteiger partial charge in [0.2, 0.25) is 0 Å². The molecule has 0 bridgehead atoms. The number of rotatable bonds is 7. The normalized spacial score (nSPS) is 13.5. The summed E-state index contributed by atoms with van der Waals surface area (Å²) in [6, 6.07) is 21.1. The number of carbonyl (C=O) groups excluding carboxylic acids is 1. The van der Waals surface area contributed by atoms with Crippen LogP contribution in [0.25, 0.3) is 0 Å². The molecular weight excluding hydrogens is 490 g/mol. The minimum atomic E-state index is -0.262. The van der Waals surface area contributed by atoms with E-state index in [1.165, 1.54) is 12.8 Å². The van der Waals surface area contributed by atoms with E-state index < -0.39 is 0 Å². The van der Waals surface area contributed by atoms with Gasteiger partial charge >= 0.3 is 0 Å². The van der Waals surface area contributed by atoms with Gasteiger partial charge in [-0.3, -0.25) is 4.79 Å². The maximum Gasteiger partial charge on any atom is 0.271 e. The van der Waals surface area contributed by atoms with Crippen LogP contribution >= 0.6 is 27.5 Å². The van der Waals surface area contributed by atoms with Crippen LogP contribution in [-0.2, 0) is 6.61 Å². The zero-order valence-corrected chi connectivity index (χ0v) is 19.8. The lowest BCUT2D eigenvalue weighted by molar-refractivity contribution is 0.0955. The van der Waals surface area contributed by atoms with Gasteiger partial charge in [-0.25, -0.2) is 5.43 Å². The van der Waals surface area contributed by atoms with Crippen LogP contribution in [0.15, 0.2) is 76.3 Å². The third-order valence-electron chi connectivity index (χ3n) is 5.23. The predicted molar refractivity (Wildman–Crippen MR) is 133 cm³/mol. The molecule has 4 rings (SSSR count). The van der Waals surface area contributed by atoms with Crippen LogP contribution in [0.5, 0.6) is 5.75 Å². The van der Waals surface area contributed by atoms with Crippen molar-refractivity contribution in [2.24, 2.45) is 5.10 Å². The molecule has 1 saturated heterocycles. The standard InChI is InChI=1S/C25H23BrClN3O2/c26-22-14-19(15-23(27)24(22)32-17-18-6-2-1-3-7-18)16-28-29-25(31)20-8-10-21(11-9-20)30-12-4-5-13-30/h1-3,6-11,14-16H,4-5,12-13,17H2,(H,29,31)/b28-16-. The summed E-state index contributed by atoms with van der Waals surface area (Å²) >= 11 is 9.90. The van der Waals surface area contributed by atoms with Gasteiger partial charge in [-0.15, -0.1) is 0 Å². The lowest BCUT2D eigenvalue weighted by atomic mass is 10.2. The fourth-order valence-electron chi connectivity index (χ4n) is 3.55. The second-order valence-corrected chi connectivity index (χ2v) is 8.79. The molecule has 0 unspecified atom stereocenters. The molecule has 3 aromatic carbocycles. The van der Waals surface area contributed by atoms with E-state index >= 15 is 0 Å². The average Bonchev–Trinajstić information content (AvgIpc) is 3.34. The van der Waals surface area contributed by atoms with Gasteiger partial charge in [-0.1, -0.05) is 41.9 Å². The number of nitrogens with zero attached hydrogens (tertiary/aromatic N) is 2. The Morgan fingerprint density at radius 1 is 1.09 bits per heavy atom. The van der Waals surface area contributed by atoms with Gasteiger partial charge in [0.25, 0.3) is 5.91 Å². The molecule has 5 nitrogen and oxygen atoms in total. The number of carbonyl (C=O) groups is 1. The number of hydrogen-bond donors (Lipinski definition) is 1. The highest BCUT2D eigenvalue weighted by molar-refractivity contribution is 9.10. The molecule has 0 saturated carbocycles. The highest BCUT2D eigenvalue weighted by Crippen LogP contribution is 2.34. The number of halogens is 2. The molecule has 1 aliphatic rings. The Hall–Kier alpha value is -2.83. The van der Waals surface area contributed by atoms with Crippen molar-refractivity contribution in [3.8, 4) is 5.75 Å². The second kappa shape index (κ2) is 10.7. The number of amides is 1. The van der Waals surface area contributed by atoms with E-state index in [0.29, 0.717) is 27.4 Å². The number of hydrazone groups is 1. The Balaban J connectivity index is 1.35. The first-order chi connectivity index (χ1) is 15.6. The maximum absolute atomic E-state index is 12.4. The van der Waals surface area contributed by atoms with Crippen molar-refractivity contribution in [1.82, 2.24) is 5.43 Å². The molecule has 1 heterocycles. The van der Waals surface area contributed by atoms with Crippen molar-refractivity contribution in [3.05, 3.63) is 92.9 Å². The van der Waals surface area contributed by atoms with Gasteiger partial charge in [-0.05, 0) is 76.3 Å². The van der Waals surface area contributed by atoms with Crippen LogP contribution in [0.1, 0.15) is 34.3 Å². The predicted octanol–water partition coefficient (Wildman–Crippen LogP) is 6.05. The van der Waals surface area contributed by atoms with E-state index in [-0.39, 0.29) is 5.91 Å². The SMILES string of the molecule is O=C(N/N=C\c1cc(Cl)c(OCc2ccccc2)c(Br)c1)c1ccc(N2CCCC2)cc1. The molecule has 1 N–H and O–H groups in total. The Labute approximate surface area is 201 Å². The summed E-state index contributed by atoms with van der Waals surface area (Å²) in [7, 11) is 0. The quantitative estimate of drug-likeness (QED) is 0.310. The molecular formula is C25H23BrClN3O2. The lowest BCUT2D eigenvalue weighted by Crippen LogP contribution is -2.19. The number of ether oxygens (including phenoxy) is 1. The Morgan fingerprint density at radius 3 is 2.50 bits per heavy atom. The number of anilines is 1. The molecule has 0 atom stereocenters. The lowest BCUT2D eigenvalue weighted by Gasteiger charge is -2.17. The summed E-state index contributed by atoms with van der Waals surface area (Å²) in [5, 5.41) is 4.53. The van der Waals surface area contributed by atoms with Gasteiger partial charge in [0, 0.05) is 24.3 Å². The summed E-state index contributed by atoms with van der Waals surface area (Å²) in [4.78, 5) is 14.7. The van der Waals surface area contributed by atoms with Crippen molar-refractivity contribution >= 4 is 45.3 Å². The van der Waals surface area contributed by atoms with Gasteiger partial charge in [0.1, 0.15) is 6.61 Å². The fourth-order valence-corrected chi connectivity index (χ4v) is 4.54. The summed E-state index contributed by atoms with van der Waals surface area (Å²) in [5.74, 6) is 0.303. The molecule has 0 spiro atoms. The van der Waals surface area contributed by atoms with Crippen LogP contribution in [0.3, 0.4) is 0 Å². The maximum atomic E-state index is 12.4. The summed E-state index contributed by atoms with van der Waals surface area (Å²) < 4.78 is 6.57. The van der Waals surface area contributed by atoms with Gasteiger partial charge < -0.3 is 9.64 Å². The molecule has 1 aliphatic heterocycles. The zero-order valence-electron chi connectivity index (χ0n) is 17.4. The van der Waals surface area contributed by atoms with Crippen molar-refractivity contribution < 1.29 is 9.53 Å². The van der Waals surface area contributed by atoms with Gasteiger partial charge in [-0.2, -0.15) is 5.10 Å². The molecule has 3 aromatic rings. The van der Waals surface area contributed by atoms with Crippen LogP contribution in [0, 0.1) is 0 Å². The largest absolute Gasteiger partial charge is 0.486 e. The summed E-state index contributed by atoms with van der Waals surface area (Å²) in [5.41, 5.74) is 6.07. The number of nitrogens with one attached hydrogen (secondary N) is 1. The first-order valence-electron chi connectivity index (χ1n) is 10.4. The van der Waals surface area contributed by atoms with Crippen molar-refractivity contribution in [2.45, 2.75) is 19.4 Å². The Kier molecular flexibility index (Phi) is 7.45. The summed E-state index contributed by atoms with van der Waals surface area (Å²) in [6.07, 6.45) is 3.99. The van der Waals surface area contributed by atoms with E-state index in [0.717, 1.165) is 29.9 Å². The van der Waals surface area contributed by atoms with Gasteiger partial charge in [0.05, 0.1) is 15.7 Å².